The Bertz CT molecular complexity index is 369. The van der Waals surface area contributed by atoms with Crippen LogP contribution in [0.25, 0.3) is 0 Å². The fourth-order valence-corrected chi connectivity index (χ4v) is 2.61. The normalized spacial score (nSPS) is 16.8. The predicted molar refractivity (Wildman–Crippen MR) is 80.5 cm³/mol. The Morgan fingerprint density at radius 2 is 1.89 bits per heavy atom. The van der Waals surface area contributed by atoms with Gasteiger partial charge in [-0.25, -0.2) is 0 Å². The van der Waals surface area contributed by atoms with Crippen molar-refractivity contribution in [3.05, 3.63) is 29.8 Å². The molecule has 1 aromatic carbocycles. The van der Waals surface area contributed by atoms with E-state index >= 15 is 0 Å². The summed E-state index contributed by atoms with van der Waals surface area (Å²) in [5.74, 6) is 1.61. The summed E-state index contributed by atoms with van der Waals surface area (Å²) in [7, 11) is 0. The van der Waals surface area contributed by atoms with E-state index in [2.05, 4.69) is 43.4 Å². The van der Waals surface area contributed by atoms with E-state index in [0.29, 0.717) is 12.0 Å². The highest BCUT2D eigenvalue weighted by Crippen LogP contribution is 2.21. The molecule has 0 amide bonds. The molecule has 1 fully saturated rings. The molecule has 0 saturated heterocycles. The van der Waals surface area contributed by atoms with Crippen molar-refractivity contribution in [2.45, 2.75) is 58.5 Å². The summed E-state index contributed by atoms with van der Waals surface area (Å²) in [5, 5.41) is 3.69. The molecule has 0 radical (unpaired) electrons. The smallest absolute Gasteiger partial charge is 0.123 e. The van der Waals surface area contributed by atoms with E-state index < -0.39 is 0 Å². The summed E-state index contributed by atoms with van der Waals surface area (Å²) >= 11 is 0. The summed E-state index contributed by atoms with van der Waals surface area (Å²) in [5.41, 5.74) is 1.29. The number of ether oxygens (including phenoxy) is 1. The summed E-state index contributed by atoms with van der Waals surface area (Å²) in [6.07, 6.45) is 6.82. The third-order valence-corrected chi connectivity index (χ3v) is 3.73. The van der Waals surface area contributed by atoms with Crippen LogP contribution in [0.15, 0.2) is 24.3 Å². The highest BCUT2D eigenvalue weighted by molar-refractivity contribution is 5.33. The van der Waals surface area contributed by atoms with E-state index in [9.17, 15) is 0 Å². The SMILES string of the molecule is CC(C)COc1ccccc1CNC1CCCCC1. The fraction of sp³-hybridized carbons (Fsp3) is 0.647. The standard InChI is InChI=1S/C17H27NO/c1-14(2)13-19-17-11-7-6-8-15(17)12-18-16-9-4-3-5-10-16/h6-8,11,14,16,18H,3-5,9-10,12-13H2,1-2H3. The van der Waals surface area contributed by atoms with Crippen molar-refractivity contribution < 1.29 is 4.74 Å². The molecule has 19 heavy (non-hydrogen) atoms. The van der Waals surface area contributed by atoms with Gasteiger partial charge in [0.2, 0.25) is 0 Å². The quantitative estimate of drug-likeness (QED) is 0.831. The van der Waals surface area contributed by atoms with Gasteiger partial charge >= 0.3 is 0 Å². The largest absolute Gasteiger partial charge is 0.493 e. The number of para-hydroxylation sites is 1. The zero-order valence-electron chi connectivity index (χ0n) is 12.3. The minimum Gasteiger partial charge on any atom is -0.493 e. The molecular formula is C17H27NO. The van der Waals surface area contributed by atoms with Gasteiger partial charge in [-0.15, -0.1) is 0 Å². The summed E-state index contributed by atoms with van der Waals surface area (Å²) in [6.45, 7) is 6.09. The topological polar surface area (TPSA) is 21.3 Å². The molecule has 0 unspecified atom stereocenters. The lowest BCUT2D eigenvalue weighted by Crippen LogP contribution is -2.30. The van der Waals surface area contributed by atoms with Crippen molar-refractivity contribution >= 4 is 0 Å². The predicted octanol–water partition coefficient (Wildman–Crippen LogP) is 4.14. The van der Waals surface area contributed by atoms with Crippen molar-refractivity contribution in [2.24, 2.45) is 5.92 Å². The first-order valence-corrected chi connectivity index (χ1v) is 7.70. The van der Waals surface area contributed by atoms with Gasteiger partial charge in [0, 0.05) is 18.2 Å². The molecule has 1 saturated carbocycles. The maximum Gasteiger partial charge on any atom is 0.123 e. The molecule has 1 aliphatic rings. The van der Waals surface area contributed by atoms with Crippen LogP contribution in [0.5, 0.6) is 5.75 Å². The van der Waals surface area contributed by atoms with Crippen LogP contribution in [0.2, 0.25) is 0 Å². The van der Waals surface area contributed by atoms with Crippen LogP contribution in [0, 0.1) is 5.92 Å². The van der Waals surface area contributed by atoms with Gasteiger partial charge in [-0.2, -0.15) is 0 Å². The van der Waals surface area contributed by atoms with Crippen LogP contribution in [0.4, 0.5) is 0 Å². The van der Waals surface area contributed by atoms with E-state index in [1.165, 1.54) is 37.7 Å². The van der Waals surface area contributed by atoms with Crippen molar-refractivity contribution in [3.8, 4) is 5.75 Å². The van der Waals surface area contributed by atoms with Gasteiger partial charge in [-0.1, -0.05) is 51.3 Å². The molecule has 0 heterocycles. The highest BCUT2D eigenvalue weighted by atomic mass is 16.5. The number of benzene rings is 1. The van der Waals surface area contributed by atoms with Gasteiger partial charge in [0.1, 0.15) is 5.75 Å². The second-order valence-electron chi connectivity index (χ2n) is 6.03. The molecule has 0 bridgehead atoms. The van der Waals surface area contributed by atoms with Crippen molar-refractivity contribution in [1.82, 2.24) is 5.32 Å². The Morgan fingerprint density at radius 1 is 1.16 bits per heavy atom. The molecule has 106 valence electrons. The summed E-state index contributed by atoms with van der Waals surface area (Å²) in [4.78, 5) is 0. The molecule has 0 atom stereocenters. The number of rotatable bonds is 6. The zero-order valence-corrected chi connectivity index (χ0v) is 12.3. The van der Waals surface area contributed by atoms with E-state index in [1.54, 1.807) is 0 Å². The third kappa shape index (κ3) is 4.87. The minimum absolute atomic E-state index is 0.569. The van der Waals surface area contributed by atoms with Crippen molar-refractivity contribution in [1.29, 1.82) is 0 Å². The van der Waals surface area contributed by atoms with Crippen LogP contribution in [0.1, 0.15) is 51.5 Å². The second kappa shape index (κ2) is 7.54. The first-order chi connectivity index (χ1) is 9.25. The molecule has 2 heteroatoms. The van der Waals surface area contributed by atoms with Gasteiger partial charge in [-0.05, 0) is 24.8 Å². The van der Waals surface area contributed by atoms with Crippen molar-refractivity contribution in [2.75, 3.05) is 6.61 Å². The number of hydrogen-bond acceptors (Lipinski definition) is 2. The Labute approximate surface area is 117 Å². The molecule has 2 rings (SSSR count). The van der Waals surface area contributed by atoms with Gasteiger partial charge in [0.25, 0.3) is 0 Å². The molecule has 0 aliphatic heterocycles. The first-order valence-electron chi connectivity index (χ1n) is 7.70. The fourth-order valence-electron chi connectivity index (χ4n) is 2.61. The van der Waals surface area contributed by atoms with Crippen molar-refractivity contribution in [3.63, 3.8) is 0 Å². The number of hydrogen-bond donors (Lipinski definition) is 1. The molecule has 0 spiro atoms. The first kappa shape index (κ1) is 14.4. The lowest BCUT2D eigenvalue weighted by molar-refractivity contribution is 0.267. The van der Waals surface area contributed by atoms with E-state index in [4.69, 9.17) is 4.74 Å². The number of nitrogens with one attached hydrogen (secondary N) is 1. The van der Waals surface area contributed by atoms with E-state index in [0.717, 1.165) is 18.9 Å². The van der Waals surface area contributed by atoms with Crippen LogP contribution in [-0.4, -0.2) is 12.6 Å². The minimum atomic E-state index is 0.569. The van der Waals surface area contributed by atoms with Gasteiger partial charge in [0.05, 0.1) is 6.61 Å². The monoisotopic (exact) mass is 261 g/mol. The van der Waals surface area contributed by atoms with Crippen LogP contribution in [0.3, 0.4) is 0 Å². The summed E-state index contributed by atoms with van der Waals surface area (Å²) < 4.78 is 5.90. The molecule has 1 aliphatic carbocycles. The average Bonchev–Trinajstić information content (AvgIpc) is 2.45. The Balaban J connectivity index is 1.87. The third-order valence-electron chi connectivity index (χ3n) is 3.73. The van der Waals surface area contributed by atoms with E-state index in [-0.39, 0.29) is 0 Å². The molecule has 2 nitrogen and oxygen atoms in total. The molecule has 1 N–H and O–H groups in total. The lowest BCUT2D eigenvalue weighted by atomic mass is 9.95. The Morgan fingerprint density at radius 3 is 2.63 bits per heavy atom. The van der Waals surface area contributed by atoms with Gasteiger partial charge in [0.15, 0.2) is 0 Å². The summed E-state index contributed by atoms with van der Waals surface area (Å²) in [6, 6.07) is 9.11. The zero-order chi connectivity index (χ0) is 13.5. The van der Waals surface area contributed by atoms with E-state index in [1.807, 2.05) is 0 Å². The Hall–Kier alpha value is -1.02. The van der Waals surface area contributed by atoms with Crippen LogP contribution < -0.4 is 10.1 Å². The molecular weight excluding hydrogens is 234 g/mol. The van der Waals surface area contributed by atoms with Gasteiger partial charge in [-0.3, -0.25) is 0 Å². The maximum atomic E-state index is 5.90. The van der Waals surface area contributed by atoms with Gasteiger partial charge < -0.3 is 10.1 Å². The lowest BCUT2D eigenvalue weighted by Gasteiger charge is -2.23. The highest BCUT2D eigenvalue weighted by Gasteiger charge is 2.13. The second-order valence-corrected chi connectivity index (χ2v) is 6.03. The molecule has 1 aromatic rings. The average molecular weight is 261 g/mol. The molecule has 0 aromatic heterocycles. The maximum absolute atomic E-state index is 5.90. The van der Waals surface area contributed by atoms with Crippen LogP contribution >= 0.6 is 0 Å². The van der Waals surface area contributed by atoms with Crippen LogP contribution in [-0.2, 0) is 6.54 Å². The Kier molecular flexibility index (Phi) is 5.71.